The number of nitrogens with zero attached hydrogens (tertiary/aromatic N) is 1. The highest BCUT2D eigenvalue weighted by Crippen LogP contribution is 2.30. The summed E-state index contributed by atoms with van der Waals surface area (Å²) in [5.41, 5.74) is 2.68. The lowest BCUT2D eigenvalue weighted by Crippen LogP contribution is -2.28. The fourth-order valence-electron chi connectivity index (χ4n) is 2.77. The number of methoxy groups -OCH3 is 2. The van der Waals surface area contributed by atoms with Gasteiger partial charge in [-0.2, -0.15) is 0 Å². The Morgan fingerprint density at radius 1 is 1.03 bits per heavy atom. The van der Waals surface area contributed by atoms with Gasteiger partial charge in [-0.3, -0.25) is 0 Å². The first kappa shape index (κ1) is 20.5. The number of carbonyl (C=O) groups excluding carboxylic acids is 1. The summed E-state index contributed by atoms with van der Waals surface area (Å²) < 4.78 is 10.7. The van der Waals surface area contributed by atoms with E-state index in [2.05, 4.69) is 15.6 Å². The van der Waals surface area contributed by atoms with E-state index in [0.29, 0.717) is 18.0 Å². The topological polar surface area (TPSA) is 72.5 Å². The lowest BCUT2D eigenvalue weighted by molar-refractivity contribution is 0.251. The van der Waals surface area contributed by atoms with Crippen molar-refractivity contribution in [1.82, 2.24) is 10.3 Å². The first-order chi connectivity index (χ1) is 14.2. The molecule has 0 aliphatic rings. The number of benzene rings is 2. The van der Waals surface area contributed by atoms with Crippen LogP contribution in [0.25, 0.3) is 0 Å². The predicted octanol–water partition coefficient (Wildman–Crippen LogP) is 4.71. The van der Waals surface area contributed by atoms with Crippen LogP contribution in [-0.4, -0.2) is 25.2 Å². The van der Waals surface area contributed by atoms with Gasteiger partial charge in [-0.15, -0.1) is 11.8 Å². The zero-order chi connectivity index (χ0) is 20.5. The van der Waals surface area contributed by atoms with Gasteiger partial charge in [0.1, 0.15) is 0 Å². The van der Waals surface area contributed by atoms with Gasteiger partial charge in [0.25, 0.3) is 0 Å². The first-order valence-electron chi connectivity index (χ1n) is 9.07. The number of thioether (sulfide) groups is 1. The summed E-state index contributed by atoms with van der Waals surface area (Å²) in [4.78, 5) is 16.6. The summed E-state index contributed by atoms with van der Waals surface area (Å²) >= 11 is 1.65. The molecule has 2 amide bonds. The van der Waals surface area contributed by atoms with Crippen molar-refractivity contribution >= 4 is 23.5 Å². The Balaban J connectivity index is 1.56. The number of para-hydroxylation sites is 1. The number of urea groups is 1. The normalized spacial score (nSPS) is 10.3. The van der Waals surface area contributed by atoms with E-state index in [0.717, 1.165) is 27.6 Å². The van der Waals surface area contributed by atoms with Gasteiger partial charge >= 0.3 is 6.03 Å². The van der Waals surface area contributed by atoms with E-state index in [1.807, 2.05) is 60.7 Å². The molecule has 2 aromatic carbocycles. The smallest absolute Gasteiger partial charge is 0.319 e. The summed E-state index contributed by atoms with van der Waals surface area (Å²) in [6.07, 6.45) is 1.78. The van der Waals surface area contributed by atoms with Gasteiger partial charge in [0, 0.05) is 29.7 Å². The molecule has 3 aromatic rings. The maximum atomic E-state index is 12.3. The Labute approximate surface area is 174 Å². The van der Waals surface area contributed by atoms with Crippen LogP contribution in [0, 0.1) is 0 Å². The van der Waals surface area contributed by atoms with Crippen molar-refractivity contribution in [1.29, 1.82) is 0 Å². The van der Waals surface area contributed by atoms with Crippen molar-refractivity contribution in [2.24, 2.45) is 0 Å². The molecule has 0 spiro atoms. The molecule has 0 unspecified atom stereocenters. The number of rotatable bonds is 8. The molecule has 7 heteroatoms. The fraction of sp³-hybridized carbons (Fsp3) is 0.182. The zero-order valence-electron chi connectivity index (χ0n) is 16.3. The van der Waals surface area contributed by atoms with Gasteiger partial charge in [0.15, 0.2) is 11.5 Å². The lowest BCUT2D eigenvalue weighted by Gasteiger charge is -2.13. The van der Waals surface area contributed by atoms with Crippen LogP contribution in [0.15, 0.2) is 71.9 Å². The minimum atomic E-state index is -0.288. The number of anilines is 1. The summed E-state index contributed by atoms with van der Waals surface area (Å²) in [7, 11) is 3.16. The highest BCUT2D eigenvalue weighted by molar-refractivity contribution is 7.98. The average molecular weight is 410 g/mol. The molecule has 0 bridgehead atoms. The van der Waals surface area contributed by atoms with Crippen molar-refractivity contribution in [3.63, 3.8) is 0 Å². The average Bonchev–Trinajstić information content (AvgIpc) is 2.77. The predicted molar refractivity (Wildman–Crippen MR) is 116 cm³/mol. The van der Waals surface area contributed by atoms with Gasteiger partial charge in [-0.25, -0.2) is 9.78 Å². The van der Waals surface area contributed by atoms with E-state index in [1.54, 1.807) is 32.2 Å². The number of carbonyl (C=O) groups is 1. The van der Waals surface area contributed by atoms with Crippen molar-refractivity contribution < 1.29 is 14.3 Å². The van der Waals surface area contributed by atoms with Crippen LogP contribution >= 0.6 is 11.8 Å². The quantitative estimate of drug-likeness (QED) is 0.527. The zero-order valence-corrected chi connectivity index (χ0v) is 17.2. The molecule has 0 saturated heterocycles. The Bertz CT molecular complexity index is 951. The van der Waals surface area contributed by atoms with Gasteiger partial charge in [-0.1, -0.05) is 30.3 Å². The molecule has 0 fully saturated rings. The van der Waals surface area contributed by atoms with Crippen LogP contribution in [0.3, 0.4) is 0 Å². The molecule has 0 aliphatic heterocycles. The third-order valence-corrected chi connectivity index (χ3v) is 5.15. The van der Waals surface area contributed by atoms with Crippen LogP contribution in [0.4, 0.5) is 10.5 Å². The number of nitrogens with one attached hydrogen (secondary N) is 2. The van der Waals surface area contributed by atoms with Crippen molar-refractivity contribution in [2.75, 3.05) is 19.5 Å². The minimum Gasteiger partial charge on any atom is -0.493 e. The molecule has 3 rings (SSSR count). The van der Waals surface area contributed by atoms with E-state index < -0.39 is 0 Å². The number of hydrogen-bond acceptors (Lipinski definition) is 5. The molecule has 0 radical (unpaired) electrons. The maximum absolute atomic E-state index is 12.3. The molecule has 0 saturated carbocycles. The Kier molecular flexibility index (Phi) is 7.35. The van der Waals surface area contributed by atoms with Crippen LogP contribution in [0.5, 0.6) is 11.5 Å². The largest absolute Gasteiger partial charge is 0.493 e. The standard InChI is InChI=1S/C22H23N3O3S/c1-27-19-10-6-8-17(21(19)28-2)14-24-22(26)25-18-9-5-7-16(13-18)15-29-20-11-3-4-12-23-20/h3-13H,14-15H2,1-2H3,(H2,24,25,26). The van der Waals surface area contributed by atoms with E-state index in [1.165, 1.54) is 0 Å². The van der Waals surface area contributed by atoms with E-state index in [9.17, 15) is 4.79 Å². The lowest BCUT2D eigenvalue weighted by atomic mass is 10.2. The number of aromatic nitrogens is 1. The third-order valence-electron chi connectivity index (χ3n) is 4.13. The molecular weight excluding hydrogens is 386 g/mol. The molecule has 0 aliphatic carbocycles. The van der Waals surface area contributed by atoms with Gasteiger partial charge in [0.2, 0.25) is 0 Å². The van der Waals surface area contributed by atoms with E-state index in [-0.39, 0.29) is 6.03 Å². The summed E-state index contributed by atoms with van der Waals surface area (Å²) in [5.74, 6) is 2.02. The van der Waals surface area contributed by atoms with Crippen LogP contribution < -0.4 is 20.1 Å². The van der Waals surface area contributed by atoms with Crippen molar-refractivity contribution in [3.8, 4) is 11.5 Å². The summed E-state index contributed by atoms with van der Waals surface area (Å²) in [5, 5.41) is 6.69. The summed E-state index contributed by atoms with van der Waals surface area (Å²) in [6, 6.07) is 18.9. The molecule has 1 heterocycles. The second-order valence-corrected chi connectivity index (χ2v) is 7.11. The first-order valence-corrected chi connectivity index (χ1v) is 10.1. The van der Waals surface area contributed by atoms with Gasteiger partial charge < -0.3 is 20.1 Å². The highest BCUT2D eigenvalue weighted by Gasteiger charge is 2.10. The molecule has 6 nitrogen and oxygen atoms in total. The Morgan fingerprint density at radius 3 is 2.66 bits per heavy atom. The van der Waals surface area contributed by atoms with E-state index >= 15 is 0 Å². The number of ether oxygens (including phenoxy) is 2. The fourth-order valence-corrected chi connectivity index (χ4v) is 3.58. The highest BCUT2D eigenvalue weighted by atomic mass is 32.2. The molecule has 2 N–H and O–H groups in total. The maximum Gasteiger partial charge on any atom is 0.319 e. The monoisotopic (exact) mass is 409 g/mol. The SMILES string of the molecule is COc1cccc(CNC(=O)Nc2cccc(CSc3ccccn3)c2)c1OC. The van der Waals surface area contributed by atoms with Gasteiger partial charge in [-0.05, 0) is 35.9 Å². The molecule has 150 valence electrons. The second-order valence-electron chi connectivity index (χ2n) is 6.12. The van der Waals surface area contributed by atoms with Crippen LogP contribution in [-0.2, 0) is 12.3 Å². The van der Waals surface area contributed by atoms with Gasteiger partial charge in [0.05, 0.1) is 19.2 Å². The molecule has 1 aromatic heterocycles. The second kappa shape index (κ2) is 10.4. The Morgan fingerprint density at radius 2 is 1.90 bits per heavy atom. The van der Waals surface area contributed by atoms with Crippen LogP contribution in [0.2, 0.25) is 0 Å². The summed E-state index contributed by atoms with van der Waals surface area (Å²) in [6.45, 7) is 0.321. The molecule has 0 atom stereocenters. The Hall–Kier alpha value is -3.19. The third kappa shape index (κ3) is 5.89. The van der Waals surface area contributed by atoms with E-state index in [4.69, 9.17) is 9.47 Å². The minimum absolute atomic E-state index is 0.288. The van der Waals surface area contributed by atoms with Crippen LogP contribution in [0.1, 0.15) is 11.1 Å². The number of hydrogen-bond donors (Lipinski definition) is 2. The number of pyridine rings is 1. The van der Waals surface area contributed by atoms with Crippen molar-refractivity contribution in [3.05, 3.63) is 78.0 Å². The molecule has 29 heavy (non-hydrogen) atoms. The molecular formula is C22H23N3O3S. The van der Waals surface area contributed by atoms with Crippen molar-refractivity contribution in [2.45, 2.75) is 17.3 Å². The number of amides is 2.